The molecule has 4 aromatic rings. The molecule has 2 aromatic carbocycles. The highest BCUT2D eigenvalue weighted by molar-refractivity contribution is 5.73. The van der Waals surface area contributed by atoms with Gasteiger partial charge in [0, 0.05) is 81.4 Å². The smallest absolute Gasteiger partial charge is 0.410 e. The van der Waals surface area contributed by atoms with Crippen molar-refractivity contribution in [3.63, 3.8) is 0 Å². The molecule has 1 amide bonds. The summed E-state index contributed by atoms with van der Waals surface area (Å²) >= 11 is 0. The number of rotatable bonds is 9. The van der Waals surface area contributed by atoms with Crippen LogP contribution in [0.1, 0.15) is 24.0 Å². The zero-order valence-corrected chi connectivity index (χ0v) is 26.9. The Bertz CT molecular complexity index is 1670. The SMILES string of the molecule is Cc1ccccc1-c1cc(N2CC3CCC(C2)N3c2ccnc(OCCN3CCN(C(=O)OCc4ccccc4)CC3)c2)c(N)nn1. The molecule has 2 N–H and O–H groups in total. The molecule has 11 nitrogen and oxygen atoms in total. The van der Waals surface area contributed by atoms with E-state index in [2.05, 4.69) is 67.1 Å². The first-order chi connectivity index (χ1) is 23.0. The summed E-state index contributed by atoms with van der Waals surface area (Å²) in [6, 6.07) is 25.0. The van der Waals surface area contributed by atoms with Gasteiger partial charge in [0.1, 0.15) is 13.2 Å². The van der Waals surface area contributed by atoms with Crippen LogP contribution in [-0.2, 0) is 11.3 Å². The zero-order valence-electron chi connectivity index (χ0n) is 26.9. The van der Waals surface area contributed by atoms with Crippen molar-refractivity contribution in [2.24, 2.45) is 0 Å². The Morgan fingerprint density at radius 3 is 2.43 bits per heavy atom. The van der Waals surface area contributed by atoms with Crippen LogP contribution in [0.5, 0.6) is 5.88 Å². The number of pyridine rings is 1. The van der Waals surface area contributed by atoms with Gasteiger partial charge in [-0.3, -0.25) is 4.90 Å². The zero-order chi connectivity index (χ0) is 32.2. The predicted octanol–water partition coefficient (Wildman–Crippen LogP) is 4.62. The van der Waals surface area contributed by atoms with Crippen LogP contribution >= 0.6 is 0 Å². The molecule has 2 atom stereocenters. The molecule has 3 aliphatic heterocycles. The maximum absolute atomic E-state index is 12.5. The van der Waals surface area contributed by atoms with Gasteiger partial charge in [0.2, 0.25) is 5.88 Å². The Morgan fingerprint density at radius 1 is 0.915 bits per heavy atom. The van der Waals surface area contributed by atoms with Crippen LogP contribution < -0.4 is 20.3 Å². The number of amides is 1. The predicted molar refractivity (Wildman–Crippen MR) is 182 cm³/mol. The molecule has 5 heterocycles. The third-order valence-electron chi connectivity index (χ3n) is 9.55. The summed E-state index contributed by atoms with van der Waals surface area (Å²) in [7, 11) is 0. The number of carbonyl (C=O) groups excluding carboxylic acids is 1. The first-order valence-electron chi connectivity index (χ1n) is 16.5. The number of aryl methyl sites for hydroxylation is 1. The summed E-state index contributed by atoms with van der Waals surface area (Å²) in [6.45, 7) is 8.28. The second kappa shape index (κ2) is 13.8. The Morgan fingerprint density at radius 2 is 1.66 bits per heavy atom. The van der Waals surface area contributed by atoms with Crippen molar-refractivity contribution in [2.75, 3.05) is 68.0 Å². The standard InChI is InChI=1S/C36H42N8O3/c1-26-7-5-6-10-31(26)32-22-33(35(37)40-39-32)43-23-29-11-12-30(24-43)44(29)28-13-14-38-34(21-28)46-20-19-41-15-17-42(18-16-41)36(45)47-25-27-8-3-2-4-9-27/h2-10,13-14,21-22,29-30H,11-12,15-20,23-25H2,1H3,(H2,37,40). The lowest BCUT2D eigenvalue weighted by Crippen LogP contribution is -2.54. The molecule has 3 saturated heterocycles. The normalized spacial score (nSPS) is 19.6. The lowest BCUT2D eigenvalue weighted by molar-refractivity contribution is 0.0682. The summed E-state index contributed by atoms with van der Waals surface area (Å²) in [5.74, 6) is 1.11. The summed E-state index contributed by atoms with van der Waals surface area (Å²) < 4.78 is 11.6. The summed E-state index contributed by atoms with van der Waals surface area (Å²) in [4.78, 5) is 26.0. The molecule has 0 aliphatic carbocycles. The molecule has 7 rings (SSSR count). The lowest BCUT2D eigenvalue weighted by Gasteiger charge is -2.43. The minimum absolute atomic E-state index is 0.256. The van der Waals surface area contributed by atoms with E-state index in [0.717, 1.165) is 79.3 Å². The number of fused-ring (bicyclic) bond motifs is 2. The average Bonchev–Trinajstić information content (AvgIpc) is 3.37. The topological polar surface area (TPSA) is 113 Å². The number of hydrogen-bond acceptors (Lipinski definition) is 10. The number of benzene rings is 2. The van der Waals surface area contributed by atoms with Crippen LogP contribution in [0.4, 0.5) is 22.0 Å². The Labute approximate surface area is 275 Å². The van der Waals surface area contributed by atoms with E-state index in [1.165, 1.54) is 0 Å². The molecule has 244 valence electrons. The number of anilines is 3. The van der Waals surface area contributed by atoms with E-state index in [4.69, 9.17) is 15.2 Å². The third kappa shape index (κ3) is 6.95. The van der Waals surface area contributed by atoms with E-state index >= 15 is 0 Å². The molecule has 47 heavy (non-hydrogen) atoms. The Hall–Kier alpha value is -4.90. The highest BCUT2D eigenvalue weighted by atomic mass is 16.6. The van der Waals surface area contributed by atoms with E-state index in [9.17, 15) is 4.79 Å². The fraction of sp³-hybridized carbons (Fsp3) is 0.389. The molecule has 0 spiro atoms. The van der Waals surface area contributed by atoms with E-state index < -0.39 is 0 Å². The van der Waals surface area contributed by atoms with Crippen molar-refractivity contribution in [3.8, 4) is 17.1 Å². The Kier molecular flexibility index (Phi) is 9.05. The first-order valence-corrected chi connectivity index (χ1v) is 16.5. The number of aromatic nitrogens is 3. The maximum Gasteiger partial charge on any atom is 0.410 e. The highest BCUT2D eigenvalue weighted by Gasteiger charge is 2.41. The van der Waals surface area contributed by atoms with Gasteiger partial charge in [0.15, 0.2) is 5.82 Å². The highest BCUT2D eigenvalue weighted by Crippen LogP contribution is 2.39. The molecule has 0 radical (unpaired) electrons. The van der Waals surface area contributed by atoms with Gasteiger partial charge in [0.25, 0.3) is 0 Å². The van der Waals surface area contributed by atoms with E-state index in [0.29, 0.717) is 50.1 Å². The van der Waals surface area contributed by atoms with Crippen molar-refractivity contribution in [2.45, 2.75) is 38.5 Å². The lowest BCUT2D eigenvalue weighted by atomic mass is 10.0. The van der Waals surface area contributed by atoms with Gasteiger partial charge in [0.05, 0.1) is 11.4 Å². The van der Waals surface area contributed by atoms with Crippen molar-refractivity contribution in [1.82, 2.24) is 25.0 Å². The number of ether oxygens (including phenoxy) is 2. The van der Waals surface area contributed by atoms with Crippen molar-refractivity contribution in [3.05, 3.63) is 90.1 Å². The molecule has 3 fully saturated rings. The van der Waals surface area contributed by atoms with Crippen molar-refractivity contribution < 1.29 is 14.3 Å². The van der Waals surface area contributed by atoms with Gasteiger partial charge in [-0.05, 0) is 43.0 Å². The molecule has 2 aromatic heterocycles. The molecule has 2 bridgehead atoms. The number of nitrogens with zero attached hydrogens (tertiary/aromatic N) is 7. The molecular weight excluding hydrogens is 592 g/mol. The molecule has 3 aliphatic rings. The number of hydrogen-bond donors (Lipinski definition) is 1. The van der Waals surface area contributed by atoms with Crippen LogP contribution in [0, 0.1) is 6.92 Å². The number of piperazine rings is 2. The second-order valence-corrected chi connectivity index (χ2v) is 12.6. The number of nitrogens with two attached hydrogens (primary N) is 1. The van der Waals surface area contributed by atoms with Crippen LogP contribution in [0.3, 0.4) is 0 Å². The van der Waals surface area contributed by atoms with Crippen molar-refractivity contribution >= 4 is 23.3 Å². The van der Waals surface area contributed by atoms with Crippen LogP contribution in [0.25, 0.3) is 11.3 Å². The van der Waals surface area contributed by atoms with Crippen LogP contribution in [0.15, 0.2) is 79.0 Å². The van der Waals surface area contributed by atoms with Gasteiger partial charge in [-0.2, -0.15) is 0 Å². The van der Waals surface area contributed by atoms with Gasteiger partial charge in [-0.1, -0.05) is 54.6 Å². The summed E-state index contributed by atoms with van der Waals surface area (Å²) in [5, 5.41) is 8.76. The number of carbonyl (C=O) groups is 1. The quantitative estimate of drug-likeness (QED) is 0.280. The molecule has 2 unspecified atom stereocenters. The van der Waals surface area contributed by atoms with Crippen LogP contribution in [-0.4, -0.2) is 95.6 Å². The van der Waals surface area contributed by atoms with E-state index in [1.807, 2.05) is 48.7 Å². The van der Waals surface area contributed by atoms with E-state index in [1.54, 1.807) is 4.90 Å². The first kappa shape index (κ1) is 30.7. The average molecular weight is 635 g/mol. The number of nitrogen functional groups attached to an aromatic ring is 1. The second-order valence-electron chi connectivity index (χ2n) is 12.6. The largest absolute Gasteiger partial charge is 0.476 e. The van der Waals surface area contributed by atoms with Crippen molar-refractivity contribution in [1.29, 1.82) is 0 Å². The van der Waals surface area contributed by atoms with Gasteiger partial charge < -0.3 is 29.9 Å². The van der Waals surface area contributed by atoms with E-state index in [-0.39, 0.29) is 6.09 Å². The third-order valence-corrected chi connectivity index (χ3v) is 9.55. The molecular formula is C36H42N8O3. The minimum Gasteiger partial charge on any atom is -0.476 e. The van der Waals surface area contributed by atoms with Crippen LogP contribution in [0.2, 0.25) is 0 Å². The molecule has 11 heteroatoms. The fourth-order valence-electron chi connectivity index (χ4n) is 7.04. The minimum atomic E-state index is -0.256. The monoisotopic (exact) mass is 634 g/mol. The summed E-state index contributed by atoms with van der Waals surface area (Å²) in [5.41, 5.74) is 12.6. The fourth-order valence-corrected chi connectivity index (χ4v) is 7.04. The maximum atomic E-state index is 12.5. The van der Waals surface area contributed by atoms with Gasteiger partial charge in [-0.15, -0.1) is 10.2 Å². The Balaban J connectivity index is 0.908. The van der Waals surface area contributed by atoms with Gasteiger partial charge in [-0.25, -0.2) is 9.78 Å². The molecule has 0 saturated carbocycles. The van der Waals surface area contributed by atoms with Gasteiger partial charge >= 0.3 is 6.09 Å². The summed E-state index contributed by atoms with van der Waals surface area (Å²) in [6.07, 6.45) is 3.83.